The van der Waals surface area contributed by atoms with Crippen LogP contribution in [-0.4, -0.2) is 19.1 Å². The number of halogens is 4. The molecule has 2 rings (SSSR count). The number of amides is 1. The zero-order valence-corrected chi connectivity index (χ0v) is 12.2. The average molecular weight is 343 g/mol. The molecule has 0 aromatic heterocycles. The molecule has 2 aromatic carbocycles. The number of carbonyl (C=O) groups excluding carboxylic acids is 1. The van der Waals surface area contributed by atoms with Gasteiger partial charge < -0.3 is 14.8 Å². The third-order valence-corrected chi connectivity index (χ3v) is 2.95. The van der Waals surface area contributed by atoms with E-state index in [9.17, 15) is 22.4 Å². The van der Waals surface area contributed by atoms with Gasteiger partial charge >= 0.3 is 13.2 Å². The van der Waals surface area contributed by atoms with E-state index in [0.717, 1.165) is 0 Å². The zero-order valence-electron chi connectivity index (χ0n) is 12.2. The smallest absolute Gasteiger partial charge is 0.387 e. The first kappa shape index (κ1) is 17.6. The highest BCUT2D eigenvalue weighted by molar-refractivity contribution is 5.96. The van der Waals surface area contributed by atoms with E-state index >= 15 is 0 Å². The summed E-state index contributed by atoms with van der Waals surface area (Å²) in [6, 6.07) is 11.3. The summed E-state index contributed by atoms with van der Waals surface area (Å²) in [7, 11) is 0. The molecule has 4 nitrogen and oxygen atoms in total. The molecule has 0 atom stereocenters. The maximum atomic E-state index is 12.3. The second-order valence-corrected chi connectivity index (χ2v) is 4.58. The van der Waals surface area contributed by atoms with E-state index in [2.05, 4.69) is 14.8 Å². The minimum absolute atomic E-state index is 0.00393. The van der Waals surface area contributed by atoms with Crippen LogP contribution in [0.1, 0.15) is 15.9 Å². The average Bonchev–Trinajstić information content (AvgIpc) is 2.53. The largest absolute Gasteiger partial charge is 0.435 e. The number of benzene rings is 2. The second-order valence-electron chi connectivity index (χ2n) is 4.58. The maximum Gasteiger partial charge on any atom is 0.387 e. The van der Waals surface area contributed by atoms with Gasteiger partial charge in [-0.3, -0.25) is 4.79 Å². The number of hydrogen-bond acceptors (Lipinski definition) is 3. The fraction of sp³-hybridized carbons (Fsp3) is 0.188. The van der Waals surface area contributed by atoms with Crippen LogP contribution in [-0.2, 0) is 6.54 Å². The number of nitrogens with one attached hydrogen (secondary N) is 1. The van der Waals surface area contributed by atoms with Crippen molar-refractivity contribution in [3.05, 3.63) is 59.7 Å². The predicted molar refractivity (Wildman–Crippen MR) is 77.3 cm³/mol. The highest BCUT2D eigenvalue weighted by Crippen LogP contribution is 2.20. The van der Waals surface area contributed by atoms with Crippen molar-refractivity contribution in [2.75, 3.05) is 0 Å². The minimum Gasteiger partial charge on any atom is -0.435 e. The van der Waals surface area contributed by atoms with E-state index in [-0.39, 0.29) is 23.6 Å². The lowest BCUT2D eigenvalue weighted by atomic mass is 10.1. The molecule has 1 amide bonds. The summed E-state index contributed by atoms with van der Waals surface area (Å²) in [4.78, 5) is 12.1. The van der Waals surface area contributed by atoms with Gasteiger partial charge in [0.05, 0.1) is 5.56 Å². The fourth-order valence-corrected chi connectivity index (χ4v) is 1.92. The van der Waals surface area contributed by atoms with Crippen molar-refractivity contribution >= 4 is 5.91 Å². The van der Waals surface area contributed by atoms with Crippen molar-refractivity contribution in [3.8, 4) is 11.5 Å². The topological polar surface area (TPSA) is 47.6 Å². The van der Waals surface area contributed by atoms with E-state index in [0.29, 0.717) is 5.56 Å². The highest BCUT2D eigenvalue weighted by atomic mass is 19.3. The van der Waals surface area contributed by atoms with Gasteiger partial charge in [-0.15, -0.1) is 0 Å². The Labute approximate surface area is 135 Å². The Morgan fingerprint density at radius 2 is 1.54 bits per heavy atom. The Bertz CT molecular complexity index is 677. The number of rotatable bonds is 7. The molecule has 0 spiro atoms. The maximum absolute atomic E-state index is 12.3. The standard InChI is InChI=1S/C16H13F4NO3/c17-15(18)23-11-7-5-10(6-8-11)9-21-14(22)12-3-1-2-4-13(12)24-16(19)20/h1-8,15-16H,9H2,(H,21,22). The molecule has 0 aliphatic heterocycles. The van der Waals surface area contributed by atoms with Gasteiger partial charge in [0, 0.05) is 6.54 Å². The fourth-order valence-electron chi connectivity index (χ4n) is 1.92. The van der Waals surface area contributed by atoms with Gasteiger partial charge in [0.15, 0.2) is 0 Å². The summed E-state index contributed by atoms with van der Waals surface area (Å²) in [5, 5.41) is 2.54. The Morgan fingerprint density at radius 1 is 0.917 bits per heavy atom. The molecule has 0 fully saturated rings. The van der Waals surface area contributed by atoms with Gasteiger partial charge in [-0.05, 0) is 29.8 Å². The van der Waals surface area contributed by atoms with Crippen LogP contribution in [0.4, 0.5) is 17.6 Å². The molecule has 0 unspecified atom stereocenters. The Balaban J connectivity index is 1.98. The van der Waals surface area contributed by atoms with Crippen LogP contribution in [0.15, 0.2) is 48.5 Å². The lowest BCUT2D eigenvalue weighted by Crippen LogP contribution is -2.23. The third-order valence-electron chi connectivity index (χ3n) is 2.95. The molecule has 0 saturated heterocycles. The van der Waals surface area contributed by atoms with Crippen molar-refractivity contribution in [1.29, 1.82) is 0 Å². The molecular formula is C16H13F4NO3. The number of hydrogen-bond donors (Lipinski definition) is 1. The lowest BCUT2D eigenvalue weighted by molar-refractivity contribution is -0.0507. The first-order chi connectivity index (χ1) is 11.5. The first-order valence-electron chi connectivity index (χ1n) is 6.81. The molecule has 0 aliphatic rings. The molecule has 0 aliphatic carbocycles. The van der Waals surface area contributed by atoms with Gasteiger partial charge in [0.1, 0.15) is 11.5 Å². The zero-order chi connectivity index (χ0) is 17.5. The summed E-state index contributed by atoms with van der Waals surface area (Å²) in [6.45, 7) is -5.88. The molecule has 0 radical (unpaired) electrons. The van der Waals surface area contributed by atoms with Crippen molar-refractivity contribution in [1.82, 2.24) is 5.32 Å². The summed E-state index contributed by atoms with van der Waals surface area (Å²) in [5.74, 6) is -0.833. The molecule has 128 valence electrons. The van der Waals surface area contributed by atoms with Crippen LogP contribution in [0.25, 0.3) is 0 Å². The molecule has 0 heterocycles. The van der Waals surface area contributed by atoms with E-state index in [1.54, 1.807) is 0 Å². The number of para-hydroxylation sites is 1. The normalized spacial score (nSPS) is 10.8. The lowest BCUT2D eigenvalue weighted by Gasteiger charge is -2.11. The second kappa shape index (κ2) is 8.19. The van der Waals surface area contributed by atoms with Crippen molar-refractivity contribution in [2.45, 2.75) is 19.8 Å². The summed E-state index contributed by atoms with van der Waals surface area (Å²) in [5.41, 5.74) is 0.590. The number of ether oxygens (including phenoxy) is 2. The van der Waals surface area contributed by atoms with Crippen LogP contribution in [0, 0.1) is 0 Å². The molecule has 0 saturated carbocycles. The van der Waals surface area contributed by atoms with Crippen LogP contribution in [0.2, 0.25) is 0 Å². The molecule has 2 aromatic rings. The molecule has 0 bridgehead atoms. The van der Waals surface area contributed by atoms with Crippen LogP contribution in [0.3, 0.4) is 0 Å². The SMILES string of the molecule is O=C(NCc1ccc(OC(F)F)cc1)c1ccccc1OC(F)F. The first-order valence-corrected chi connectivity index (χ1v) is 6.81. The summed E-state index contributed by atoms with van der Waals surface area (Å²) >= 11 is 0. The van der Waals surface area contributed by atoms with E-state index < -0.39 is 19.1 Å². The van der Waals surface area contributed by atoms with Crippen molar-refractivity contribution < 1.29 is 31.8 Å². The highest BCUT2D eigenvalue weighted by Gasteiger charge is 2.15. The van der Waals surface area contributed by atoms with Crippen molar-refractivity contribution in [3.63, 3.8) is 0 Å². The molecule has 8 heteroatoms. The van der Waals surface area contributed by atoms with E-state index in [1.807, 2.05) is 0 Å². The van der Waals surface area contributed by atoms with Gasteiger partial charge in [-0.2, -0.15) is 17.6 Å². The van der Waals surface area contributed by atoms with Gasteiger partial charge in [-0.25, -0.2) is 0 Å². The Kier molecular flexibility index (Phi) is 6.00. The van der Waals surface area contributed by atoms with Gasteiger partial charge in [-0.1, -0.05) is 24.3 Å². The summed E-state index contributed by atoms with van der Waals surface area (Å²) < 4.78 is 57.2. The molecular weight excluding hydrogens is 330 g/mol. The molecule has 24 heavy (non-hydrogen) atoms. The monoisotopic (exact) mass is 343 g/mol. The minimum atomic E-state index is -3.04. The number of carbonyl (C=O) groups is 1. The van der Waals surface area contributed by atoms with Crippen LogP contribution >= 0.6 is 0 Å². The molecule has 1 N–H and O–H groups in total. The van der Waals surface area contributed by atoms with Crippen LogP contribution in [0.5, 0.6) is 11.5 Å². The van der Waals surface area contributed by atoms with E-state index in [1.165, 1.54) is 48.5 Å². The van der Waals surface area contributed by atoms with Crippen LogP contribution < -0.4 is 14.8 Å². The number of alkyl halides is 4. The van der Waals surface area contributed by atoms with Crippen molar-refractivity contribution in [2.24, 2.45) is 0 Å². The Morgan fingerprint density at radius 3 is 2.17 bits per heavy atom. The van der Waals surface area contributed by atoms with Gasteiger partial charge in [0.25, 0.3) is 5.91 Å². The summed E-state index contributed by atoms with van der Waals surface area (Å²) in [6.07, 6.45) is 0. The van der Waals surface area contributed by atoms with E-state index in [4.69, 9.17) is 0 Å². The third kappa shape index (κ3) is 5.15. The van der Waals surface area contributed by atoms with Gasteiger partial charge in [0.2, 0.25) is 0 Å². The predicted octanol–water partition coefficient (Wildman–Crippen LogP) is 3.82. The quantitative estimate of drug-likeness (QED) is 0.778. The Hall–Kier alpha value is -2.77.